The van der Waals surface area contributed by atoms with E-state index in [0.29, 0.717) is 15.4 Å². The van der Waals surface area contributed by atoms with Crippen LogP contribution in [0.3, 0.4) is 0 Å². The number of Topliss-reactive ketones (excluding diaryl/α,β-unsaturated/α-hetero) is 1. The second-order valence-electron chi connectivity index (χ2n) is 4.67. The van der Waals surface area contributed by atoms with Crippen LogP contribution < -0.4 is 16.4 Å². The van der Waals surface area contributed by atoms with E-state index < -0.39 is 0 Å². The van der Waals surface area contributed by atoms with Crippen LogP contribution in [0.1, 0.15) is 59.6 Å². The van der Waals surface area contributed by atoms with Gasteiger partial charge in [-0.3, -0.25) is 9.59 Å². The molecule has 112 valence electrons. The molecule has 0 fully saturated rings. The molecule has 1 aromatic rings. The minimum Gasteiger partial charge on any atom is -0.397 e. The van der Waals surface area contributed by atoms with Crippen molar-refractivity contribution < 1.29 is 9.59 Å². The minimum atomic E-state index is -0.262. The zero-order chi connectivity index (χ0) is 15.1. The maximum absolute atomic E-state index is 11.9. The molecule has 0 radical (unpaired) electrons. The Morgan fingerprint density at radius 3 is 2.50 bits per heavy atom. The normalized spacial score (nSPS) is 10.3. The summed E-state index contributed by atoms with van der Waals surface area (Å²) in [6.07, 6.45) is 4.58. The van der Waals surface area contributed by atoms with Crippen LogP contribution >= 0.6 is 11.3 Å². The molecular weight excluding hydrogens is 274 g/mol. The molecular formula is C14H23N3O2S. The quantitative estimate of drug-likeness (QED) is 0.509. The van der Waals surface area contributed by atoms with Crippen molar-refractivity contribution in [2.75, 3.05) is 24.6 Å². The van der Waals surface area contributed by atoms with E-state index in [1.54, 1.807) is 7.05 Å². The zero-order valence-corrected chi connectivity index (χ0v) is 13.2. The number of hydrogen-bond donors (Lipinski definition) is 3. The van der Waals surface area contributed by atoms with Gasteiger partial charge in [0.15, 0.2) is 5.78 Å². The van der Waals surface area contributed by atoms with Gasteiger partial charge in [-0.1, -0.05) is 26.2 Å². The fourth-order valence-corrected chi connectivity index (χ4v) is 2.97. The van der Waals surface area contributed by atoms with Crippen LogP contribution in [-0.4, -0.2) is 25.3 Å². The predicted octanol–water partition coefficient (Wildman–Crippen LogP) is 2.88. The molecule has 0 unspecified atom stereocenters. The summed E-state index contributed by atoms with van der Waals surface area (Å²) in [5, 5.41) is 6.47. The average molecular weight is 297 g/mol. The lowest BCUT2D eigenvalue weighted by Gasteiger charge is -2.07. The zero-order valence-electron chi connectivity index (χ0n) is 12.3. The first-order valence-corrected chi connectivity index (χ1v) is 7.73. The molecule has 1 aromatic heterocycles. The van der Waals surface area contributed by atoms with Gasteiger partial charge in [0, 0.05) is 20.5 Å². The lowest BCUT2D eigenvalue weighted by Crippen LogP contribution is -2.20. The summed E-state index contributed by atoms with van der Waals surface area (Å²) >= 11 is 1.26. The molecule has 6 heteroatoms. The van der Waals surface area contributed by atoms with Crippen molar-refractivity contribution in [3.05, 3.63) is 10.4 Å². The van der Waals surface area contributed by atoms with E-state index in [2.05, 4.69) is 17.6 Å². The van der Waals surface area contributed by atoms with Crippen LogP contribution in [0.25, 0.3) is 0 Å². The number of carbonyl (C=O) groups is 2. The fraction of sp³-hybridized carbons (Fsp3) is 0.571. The van der Waals surface area contributed by atoms with Gasteiger partial charge in [0.25, 0.3) is 5.91 Å². The summed E-state index contributed by atoms with van der Waals surface area (Å²) in [7, 11) is 1.55. The van der Waals surface area contributed by atoms with Gasteiger partial charge in [0.2, 0.25) is 0 Å². The maximum Gasteiger partial charge on any atom is 0.256 e. The highest BCUT2D eigenvalue weighted by molar-refractivity contribution is 7.19. The molecule has 0 aliphatic rings. The molecule has 0 atom stereocenters. The number of hydrogen-bond acceptors (Lipinski definition) is 5. The topological polar surface area (TPSA) is 84.2 Å². The first-order valence-electron chi connectivity index (χ1n) is 6.92. The number of unbranched alkanes of at least 4 members (excludes halogenated alkanes) is 3. The molecule has 0 aliphatic carbocycles. The molecule has 0 saturated heterocycles. The van der Waals surface area contributed by atoms with Crippen molar-refractivity contribution in [1.29, 1.82) is 0 Å². The van der Waals surface area contributed by atoms with Crippen molar-refractivity contribution in [2.45, 2.75) is 39.5 Å². The maximum atomic E-state index is 11.9. The van der Waals surface area contributed by atoms with E-state index in [-0.39, 0.29) is 17.4 Å². The van der Waals surface area contributed by atoms with Gasteiger partial charge < -0.3 is 16.4 Å². The summed E-state index contributed by atoms with van der Waals surface area (Å²) in [4.78, 5) is 23.9. The number of nitrogens with two attached hydrogens (primary N) is 1. The van der Waals surface area contributed by atoms with E-state index in [9.17, 15) is 9.59 Å². The third-order valence-corrected chi connectivity index (χ3v) is 4.30. The molecule has 1 amide bonds. The second-order valence-corrected chi connectivity index (χ2v) is 5.69. The molecule has 1 rings (SSSR count). The summed E-state index contributed by atoms with van der Waals surface area (Å²) in [6.45, 7) is 4.40. The third-order valence-electron chi connectivity index (χ3n) is 3.03. The number of ketones is 1. The van der Waals surface area contributed by atoms with Crippen LogP contribution in [0.2, 0.25) is 0 Å². The molecule has 0 aliphatic heterocycles. The molecule has 0 spiro atoms. The molecule has 5 nitrogen and oxygen atoms in total. The summed E-state index contributed by atoms with van der Waals surface area (Å²) in [6, 6.07) is 0. The average Bonchev–Trinajstić information content (AvgIpc) is 2.75. The number of thiophene rings is 1. The standard InChI is InChI=1S/C14H23N3O2S/c1-4-5-6-7-8-17-14-10(13(19)16-3)11(15)12(20-14)9(2)18/h17H,4-8,15H2,1-3H3,(H,16,19). The number of nitrogens with one attached hydrogen (secondary N) is 2. The van der Waals surface area contributed by atoms with Gasteiger partial charge in [-0.25, -0.2) is 0 Å². The Morgan fingerprint density at radius 1 is 1.25 bits per heavy atom. The third kappa shape index (κ3) is 3.96. The summed E-state index contributed by atoms with van der Waals surface area (Å²) in [5.74, 6) is -0.376. The van der Waals surface area contributed by atoms with Gasteiger partial charge in [-0.2, -0.15) is 0 Å². The highest BCUT2D eigenvalue weighted by Crippen LogP contribution is 2.36. The Balaban J connectivity index is 2.85. The highest BCUT2D eigenvalue weighted by atomic mass is 32.1. The van der Waals surface area contributed by atoms with Gasteiger partial charge in [-0.15, -0.1) is 11.3 Å². The summed E-state index contributed by atoms with van der Waals surface area (Å²) in [5.41, 5.74) is 6.59. The Kier molecular flexibility index (Phi) is 6.51. The molecule has 0 bridgehead atoms. The fourth-order valence-electron chi connectivity index (χ4n) is 1.93. The minimum absolute atomic E-state index is 0.114. The number of amides is 1. The van der Waals surface area contributed by atoms with Crippen molar-refractivity contribution >= 4 is 33.7 Å². The number of anilines is 2. The van der Waals surface area contributed by atoms with Gasteiger partial charge in [0.1, 0.15) is 5.00 Å². The molecule has 4 N–H and O–H groups in total. The number of rotatable bonds is 8. The van der Waals surface area contributed by atoms with Crippen LogP contribution in [0.5, 0.6) is 0 Å². The van der Waals surface area contributed by atoms with Crippen molar-refractivity contribution in [1.82, 2.24) is 5.32 Å². The largest absolute Gasteiger partial charge is 0.397 e. The number of carbonyl (C=O) groups excluding carboxylic acids is 2. The monoisotopic (exact) mass is 297 g/mol. The van der Waals surface area contributed by atoms with Crippen LogP contribution in [0.4, 0.5) is 10.7 Å². The van der Waals surface area contributed by atoms with Gasteiger partial charge in [0.05, 0.1) is 16.1 Å². The Labute approximate surface area is 123 Å². The second kappa shape index (κ2) is 7.89. The Hall–Kier alpha value is -1.56. The lowest BCUT2D eigenvalue weighted by molar-refractivity contribution is 0.0965. The molecule has 0 saturated carbocycles. The van der Waals surface area contributed by atoms with Crippen LogP contribution in [0.15, 0.2) is 0 Å². The van der Waals surface area contributed by atoms with Crippen LogP contribution in [-0.2, 0) is 0 Å². The van der Waals surface area contributed by atoms with E-state index in [1.165, 1.54) is 31.1 Å². The van der Waals surface area contributed by atoms with E-state index >= 15 is 0 Å². The highest BCUT2D eigenvalue weighted by Gasteiger charge is 2.22. The van der Waals surface area contributed by atoms with Gasteiger partial charge >= 0.3 is 0 Å². The molecule has 1 heterocycles. The molecule has 0 aromatic carbocycles. The SMILES string of the molecule is CCCCCCNc1sc(C(C)=O)c(N)c1C(=O)NC. The van der Waals surface area contributed by atoms with E-state index in [4.69, 9.17) is 5.73 Å². The van der Waals surface area contributed by atoms with Crippen molar-refractivity contribution in [3.8, 4) is 0 Å². The van der Waals surface area contributed by atoms with Gasteiger partial charge in [-0.05, 0) is 6.42 Å². The van der Waals surface area contributed by atoms with Crippen LogP contribution in [0, 0.1) is 0 Å². The Bertz CT molecular complexity index is 483. The van der Waals surface area contributed by atoms with Crippen molar-refractivity contribution in [3.63, 3.8) is 0 Å². The predicted molar refractivity (Wildman–Crippen MR) is 84.8 cm³/mol. The van der Waals surface area contributed by atoms with E-state index in [1.807, 2.05) is 0 Å². The number of nitrogen functional groups attached to an aromatic ring is 1. The molecule has 20 heavy (non-hydrogen) atoms. The van der Waals surface area contributed by atoms with Crippen molar-refractivity contribution in [2.24, 2.45) is 0 Å². The smallest absolute Gasteiger partial charge is 0.256 e. The summed E-state index contributed by atoms with van der Waals surface area (Å²) < 4.78 is 0. The lowest BCUT2D eigenvalue weighted by atomic mass is 10.2. The van der Waals surface area contributed by atoms with E-state index in [0.717, 1.165) is 19.4 Å². The first-order chi connectivity index (χ1) is 9.52. The Morgan fingerprint density at radius 2 is 1.95 bits per heavy atom. The first kappa shape index (κ1) is 16.5.